The van der Waals surface area contributed by atoms with Gasteiger partial charge in [-0.25, -0.2) is 0 Å². The van der Waals surface area contributed by atoms with Gasteiger partial charge in [0.05, 0.1) is 0 Å². The van der Waals surface area contributed by atoms with Crippen molar-refractivity contribution in [2.24, 2.45) is 11.8 Å². The molecular weight excluding hydrogens is 160 g/mol. The van der Waals surface area contributed by atoms with E-state index in [9.17, 15) is 9.11 Å². The molecule has 2 aliphatic rings. The van der Waals surface area contributed by atoms with Crippen LogP contribution in [0.1, 0.15) is 25.7 Å². The van der Waals surface area contributed by atoms with E-state index >= 15 is 0 Å². The topological polar surface area (TPSA) is 46.1 Å². The van der Waals surface area contributed by atoms with Crippen LogP contribution in [0.25, 0.3) is 0 Å². The number of hydrogen-bond acceptors (Lipinski definition) is 2. The van der Waals surface area contributed by atoms with Crippen molar-refractivity contribution in [3.8, 4) is 0 Å². The second-order valence-corrected chi connectivity index (χ2v) is 6.04. The molecule has 0 amide bonds. The lowest BCUT2D eigenvalue weighted by atomic mass is 9.82. The molecule has 2 nitrogen and oxygen atoms in total. The molecule has 2 rings (SSSR count). The fourth-order valence-corrected chi connectivity index (χ4v) is 4.76. The van der Waals surface area contributed by atoms with Crippen molar-refractivity contribution in [3.05, 3.63) is 0 Å². The first kappa shape index (κ1) is 7.90. The smallest absolute Gasteiger partial charge is 0.0257 e. The second-order valence-electron chi connectivity index (χ2n) is 3.88. The Balaban J connectivity index is 2.03. The molecule has 0 N–H and O–H groups in total. The normalized spacial score (nSPS) is 44.9. The van der Waals surface area contributed by atoms with Crippen molar-refractivity contribution in [2.75, 3.05) is 11.5 Å². The third-order valence-electron chi connectivity index (χ3n) is 3.00. The van der Waals surface area contributed by atoms with Crippen molar-refractivity contribution in [2.45, 2.75) is 25.7 Å². The fourth-order valence-electron chi connectivity index (χ4n) is 2.44. The number of sulfone groups is 1. The summed E-state index contributed by atoms with van der Waals surface area (Å²) in [6.45, 7) is 0. The first-order chi connectivity index (χ1) is 5.17. The van der Waals surface area contributed by atoms with Crippen LogP contribution >= 0.6 is 10.6 Å². The standard InChI is InChI=1S/C8H16O2S/c9-11(10)5-7-3-1-2-4-8(7)6-11/h7-10H,1-6H2/p-2. The quantitative estimate of drug-likeness (QED) is 0.563. The van der Waals surface area contributed by atoms with Gasteiger partial charge in [0, 0.05) is 0 Å². The van der Waals surface area contributed by atoms with Crippen molar-refractivity contribution in [1.29, 1.82) is 0 Å². The summed E-state index contributed by atoms with van der Waals surface area (Å²) in [5, 5.41) is 0. The van der Waals surface area contributed by atoms with Gasteiger partial charge in [0.2, 0.25) is 0 Å². The van der Waals surface area contributed by atoms with Gasteiger partial charge in [0.15, 0.2) is 0 Å². The lowest BCUT2D eigenvalue weighted by Crippen LogP contribution is -2.16. The minimum atomic E-state index is -2.63. The lowest BCUT2D eigenvalue weighted by Gasteiger charge is -2.57. The minimum absolute atomic E-state index is 0.484. The zero-order valence-electron chi connectivity index (χ0n) is 6.62. The van der Waals surface area contributed by atoms with Gasteiger partial charge in [-0.05, 0) is 36.2 Å². The Hall–Kier alpha value is 0.270. The zero-order chi connectivity index (χ0) is 7.90. The van der Waals surface area contributed by atoms with Gasteiger partial charge >= 0.3 is 0 Å². The number of rotatable bonds is 0. The van der Waals surface area contributed by atoms with E-state index in [1.54, 1.807) is 0 Å². The lowest BCUT2D eigenvalue weighted by molar-refractivity contribution is 0.299. The Labute approximate surface area is 69.3 Å². The van der Waals surface area contributed by atoms with Crippen LogP contribution < -0.4 is 0 Å². The van der Waals surface area contributed by atoms with Crippen molar-refractivity contribution < 1.29 is 9.11 Å². The summed E-state index contributed by atoms with van der Waals surface area (Å²) in [6.07, 6.45) is 4.81. The van der Waals surface area contributed by atoms with Gasteiger partial charge in [-0.3, -0.25) is 0 Å². The maximum Gasteiger partial charge on any atom is -0.0257 e. The summed E-state index contributed by atoms with van der Waals surface area (Å²) in [5.74, 6) is 2.01. The number of hydrogen-bond donors (Lipinski definition) is 0. The van der Waals surface area contributed by atoms with E-state index in [4.69, 9.17) is 0 Å². The van der Waals surface area contributed by atoms with E-state index in [0.717, 1.165) is 12.8 Å². The molecule has 0 aromatic rings. The highest BCUT2D eigenvalue weighted by molar-refractivity contribution is 8.24. The summed E-state index contributed by atoms with van der Waals surface area (Å²) >= 11 is 0. The van der Waals surface area contributed by atoms with Crippen molar-refractivity contribution >= 4 is 10.6 Å². The largest absolute Gasteiger partial charge is 0.800 e. The van der Waals surface area contributed by atoms with Gasteiger partial charge in [0.25, 0.3) is 0 Å². The maximum atomic E-state index is 11.2. The molecule has 0 aromatic heterocycles. The molecule has 0 aromatic carbocycles. The molecule has 1 aliphatic carbocycles. The highest BCUT2D eigenvalue weighted by atomic mass is 32.3. The van der Waals surface area contributed by atoms with Crippen LogP contribution in [0, 0.1) is 11.8 Å². The SMILES string of the molecule is [O-]S1([O-])CC2CCCCC2C1. The van der Waals surface area contributed by atoms with E-state index in [1.165, 1.54) is 12.8 Å². The zero-order valence-corrected chi connectivity index (χ0v) is 7.44. The summed E-state index contributed by atoms with van der Waals surface area (Å²) in [7, 11) is -2.63. The van der Waals surface area contributed by atoms with E-state index in [0.29, 0.717) is 23.3 Å². The molecule has 3 heteroatoms. The molecule has 2 fully saturated rings. The monoisotopic (exact) mass is 174 g/mol. The first-order valence-electron chi connectivity index (χ1n) is 4.38. The van der Waals surface area contributed by atoms with Crippen molar-refractivity contribution in [3.63, 3.8) is 0 Å². The van der Waals surface area contributed by atoms with Crippen LogP contribution in [-0.2, 0) is 0 Å². The van der Waals surface area contributed by atoms with Crippen LogP contribution in [0.15, 0.2) is 0 Å². The van der Waals surface area contributed by atoms with Crippen LogP contribution in [-0.4, -0.2) is 20.6 Å². The Morgan fingerprint density at radius 1 is 0.909 bits per heavy atom. The molecule has 2 atom stereocenters. The third kappa shape index (κ3) is 1.55. The Kier molecular flexibility index (Phi) is 1.90. The second kappa shape index (κ2) is 2.64. The van der Waals surface area contributed by atoms with E-state index in [-0.39, 0.29) is 0 Å². The molecule has 0 bridgehead atoms. The molecule has 1 saturated carbocycles. The summed E-state index contributed by atoms with van der Waals surface area (Å²) in [4.78, 5) is 0. The first-order valence-corrected chi connectivity index (χ1v) is 6.20. The van der Waals surface area contributed by atoms with E-state index < -0.39 is 10.6 Å². The molecule has 1 aliphatic heterocycles. The Morgan fingerprint density at radius 3 is 1.82 bits per heavy atom. The average Bonchev–Trinajstić information content (AvgIpc) is 2.21. The van der Waals surface area contributed by atoms with Gasteiger partial charge in [0.1, 0.15) is 0 Å². The molecule has 1 saturated heterocycles. The van der Waals surface area contributed by atoms with Crippen LogP contribution in [0.3, 0.4) is 0 Å². The van der Waals surface area contributed by atoms with E-state index in [2.05, 4.69) is 0 Å². The summed E-state index contributed by atoms with van der Waals surface area (Å²) in [6, 6.07) is 0. The molecule has 2 unspecified atom stereocenters. The van der Waals surface area contributed by atoms with Crippen molar-refractivity contribution in [1.82, 2.24) is 0 Å². The van der Waals surface area contributed by atoms with Gasteiger partial charge in [-0.15, -0.1) is 0 Å². The van der Waals surface area contributed by atoms with Crippen LogP contribution in [0.4, 0.5) is 0 Å². The van der Waals surface area contributed by atoms with Gasteiger partial charge < -0.3 is 19.7 Å². The maximum absolute atomic E-state index is 11.2. The molecule has 1 heterocycles. The summed E-state index contributed by atoms with van der Waals surface area (Å²) < 4.78 is 22.4. The molecule has 0 spiro atoms. The third-order valence-corrected chi connectivity index (χ3v) is 4.87. The predicted octanol–water partition coefficient (Wildman–Crippen LogP) is 1.87. The predicted molar refractivity (Wildman–Crippen MR) is 44.3 cm³/mol. The van der Waals surface area contributed by atoms with Gasteiger partial charge in [-0.1, -0.05) is 12.8 Å². The molecule has 66 valence electrons. The van der Waals surface area contributed by atoms with Gasteiger partial charge in [-0.2, -0.15) is 0 Å². The number of fused-ring (bicyclic) bond motifs is 1. The molecule has 0 radical (unpaired) electrons. The average molecular weight is 174 g/mol. The highest BCUT2D eigenvalue weighted by Crippen LogP contribution is 2.54. The van der Waals surface area contributed by atoms with Crippen LogP contribution in [0.2, 0.25) is 0 Å². The molecular formula is C8H14O2S-2. The van der Waals surface area contributed by atoms with E-state index in [1.807, 2.05) is 0 Å². The molecule has 11 heavy (non-hydrogen) atoms. The fraction of sp³-hybridized carbons (Fsp3) is 1.00. The Bertz CT molecular complexity index is 142. The Morgan fingerprint density at radius 2 is 1.36 bits per heavy atom. The van der Waals surface area contributed by atoms with Crippen LogP contribution in [0.5, 0.6) is 0 Å². The highest BCUT2D eigenvalue weighted by Gasteiger charge is 2.31. The summed E-state index contributed by atoms with van der Waals surface area (Å²) in [5.41, 5.74) is 0. The minimum Gasteiger partial charge on any atom is -0.800 e.